The molecule has 212 valence electrons. The third-order valence-corrected chi connectivity index (χ3v) is 7.20. The standard InChI is InChI=1S/C26H30ClN9O3.CH4/c1-32-8-11-34(12-9-32)13-10-33(2)22-15-24(39-3)20(14-23(22)36(37)38)30-26-28-17-19(27)25(31-26)18-16-29-35-7-5-4-6-21(18)35;/h4-7,14-17H,8-13H2,1-3H3,(H,28,30,31);1H4. The number of halogens is 1. The fourth-order valence-corrected chi connectivity index (χ4v) is 4.81. The summed E-state index contributed by atoms with van der Waals surface area (Å²) in [6.45, 7) is 5.46. The number of aromatic nitrogens is 4. The second-order valence-corrected chi connectivity index (χ2v) is 9.88. The molecular weight excluding hydrogens is 534 g/mol. The Hall–Kier alpha value is -4.00. The predicted molar refractivity (Wildman–Crippen MR) is 158 cm³/mol. The van der Waals surface area contributed by atoms with Crippen molar-refractivity contribution in [1.29, 1.82) is 0 Å². The lowest BCUT2D eigenvalue weighted by Gasteiger charge is -2.33. The Morgan fingerprint density at radius 2 is 1.98 bits per heavy atom. The average molecular weight is 568 g/mol. The molecule has 1 aliphatic rings. The monoisotopic (exact) mass is 567 g/mol. The molecule has 0 aliphatic carbocycles. The number of nitro groups is 1. The second-order valence-electron chi connectivity index (χ2n) is 9.47. The van der Waals surface area contributed by atoms with E-state index in [0.717, 1.165) is 43.8 Å². The molecule has 13 heteroatoms. The summed E-state index contributed by atoms with van der Waals surface area (Å²) >= 11 is 6.45. The zero-order valence-electron chi connectivity index (χ0n) is 22.0. The number of rotatable bonds is 9. The number of nitro benzene ring substituents is 1. The molecule has 12 nitrogen and oxygen atoms in total. The van der Waals surface area contributed by atoms with Crippen molar-refractivity contribution in [3.8, 4) is 17.0 Å². The second kappa shape index (κ2) is 12.5. The van der Waals surface area contributed by atoms with Crippen LogP contribution in [0.4, 0.5) is 23.0 Å². The van der Waals surface area contributed by atoms with Crippen LogP contribution in [-0.4, -0.2) is 94.8 Å². The number of nitrogens with one attached hydrogen (secondary N) is 1. The Bertz CT molecular complexity index is 1490. The van der Waals surface area contributed by atoms with Gasteiger partial charge < -0.3 is 19.9 Å². The van der Waals surface area contributed by atoms with Gasteiger partial charge in [0, 0.05) is 70.2 Å². The summed E-state index contributed by atoms with van der Waals surface area (Å²) in [5, 5.41) is 19.9. The van der Waals surface area contributed by atoms with Gasteiger partial charge in [-0.15, -0.1) is 0 Å². The molecule has 0 atom stereocenters. The molecule has 0 amide bonds. The molecule has 1 fully saturated rings. The summed E-state index contributed by atoms with van der Waals surface area (Å²) in [6.07, 6.45) is 5.01. The zero-order valence-corrected chi connectivity index (χ0v) is 22.8. The van der Waals surface area contributed by atoms with Crippen LogP contribution in [-0.2, 0) is 0 Å². The number of benzene rings is 1. The summed E-state index contributed by atoms with van der Waals surface area (Å²) < 4.78 is 7.34. The van der Waals surface area contributed by atoms with Gasteiger partial charge in [-0.3, -0.25) is 15.0 Å². The Labute approximate surface area is 238 Å². The van der Waals surface area contributed by atoms with Crippen molar-refractivity contribution in [2.75, 3.05) is 70.7 Å². The Kier molecular flexibility index (Phi) is 9.03. The molecule has 1 N–H and O–H groups in total. The first kappa shape index (κ1) is 29.0. The highest BCUT2D eigenvalue weighted by Gasteiger charge is 2.24. The highest BCUT2D eigenvalue weighted by Crippen LogP contribution is 2.39. The van der Waals surface area contributed by atoms with Crippen molar-refractivity contribution in [1.82, 2.24) is 29.4 Å². The summed E-state index contributed by atoms with van der Waals surface area (Å²) in [7, 11) is 5.49. The van der Waals surface area contributed by atoms with Crippen LogP contribution >= 0.6 is 11.6 Å². The average Bonchev–Trinajstić information content (AvgIpc) is 3.37. The lowest BCUT2D eigenvalue weighted by atomic mass is 10.2. The first-order valence-electron chi connectivity index (χ1n) is 12.5. The SMILES string of the molecule is C.COc1cc(N(C)CCN2CCN(C)CC2)c([N+](=O)[O-])cc1Nc1ncc(Cl)c(-c2cnn3ccccc23)n1. The molecule has 0 radical (unpaired) electrons. The van der Waals surface area contributed by atoms with E-state index < -0.39 is 0 Å². The van der Waals surface area contributed by atoms with Crippen LogP contribution in [0.25, 0.3) is 16.8 Å². The van der Waals surface area contributed by atoms with Gasteiger partial charge in [0.05, 0.1) is 46.3 Å². The van der Waals surface area contributed by atoms with Gasteiger partial charge in [0.1, 0.15) is 11.4 Å². The predicted octanol–water partition coefficient (Wildman–Crippen LogP) is 4.42. The first-order valence-corrected chi connectivity index (χ1v) is 12.9. The maximum Gasteiger partial charge on any atom is 0.294 e. The maximum atomic E-state index is 12.1. The minimum absolute atomic E-state index is 0. The number of likely N-dealkylation sites (N-methyl/N-ethyl adjacent to an activating group) is 2. The number of methoxy groups -OCH3 is 1. The molecule has 0 spiro atoms. The molecule has 0 saturated carbocycles. The van der Waals surface area contributed by atoms with E-state index in [4.69, 9.17) is 16.3 Å². The molecule has 0 bridgehead atoms. The lowest BCUT2D eigenvalue weighted by Crippen LogP contribution is -2.46. The van der Waals surface area contributed by atoms with Gasteiger partial charge in [0.15, 0.2) is 0 Å². The van der Waals surface area contributed by atoms with Crippen molar-refractivity contribution in [3.05, 3.63) is 64.1 Å². The van der Waals surface area contributed by atoms with Crippen molar-refractivity contribution < 1.29 is 9.66 Å². The number of hydrogen-bond donors (Lipinski definition) is 1. The number of pyridine rings is 1. The zero-order chi connectivity index (χ0) is 27.5. The van der Waals surface area contributed by atoms with E-state index in [1.54, 1.807) is 16.8 Å². The first-order chi connectivity index (χ1) is 18.8. The van der Waals surface area contributed by atoms with Crippen LogP contribution in [0.15, 0.2) is 48.9 Å². The molecule has 5 rings (SSSR count). The summed E-state index contributed by atoms with van der Waals surface area (Å²) in [6, 6.07) is 8.83. The van der Waals surface area contributed by atoms with E-state index in [0.29, 0.717) is 34.4 Å². The van der Waals surface area contributed by atoms with Crippen LogP contribution in [0.2, 0.25) is 5.02 Å². The van der Waals surface area contributed by atoms with Crippen LogP contribution in [0, 0.1) is 10.1 Å². The van der Waals surface area contributed by atoms with Gasteiger partial charge in [-0.2, -0.15) is 5.10 Å². The quantitative estimate of drug-likeness (QED) is 0.230. The third kappa shape index (κ3) is 6.09. The minimum Gasteiger partial charge on any atom is -0.494 e. The molecule has 3 aromatic heterocycles. The molecule has 1 aliphatic heterocycles. The number of hydrogen-bond acceptors (Lipinski definition) is 10. The highest BCUT2D eigenvalue weighted by molar-refractivity contribution is 6.33. The van der Waals surface area contributed by atoms with Crippen molar-refractivity contribution in [2.45, 2.75) is 7.43 Å². The molecule has 4 heterocycles. The lowest BCUT2D eigenvalue weighted by molar-refractivity contribution is -0.384. The molecular formula is C27H34ClN9O3. The molecule has 40 heavy (non-hydrogen) atoms. The Balaban J connectivity index is 0.00000370. The van der Waals surface area contributed by atoms with E-state index in [2.05, 4.69) is 37.2 Å². The van der Waals surface area contributed by atoms with E-state index in [-0.39, 0.29) is 24.0 Å². The number of ether oxygens (including phenoxy) is 1. The summed E-state index contributed by atoms with van der Waals surface area (Å²) in [4.78, 5) is 27.2. The minimum atomic E-state index is -0.389. The molecule has 1 aromatic carbocycles. The summed E-state index contributed by atoms with van der Waals surface area (Å²) in [5.41, 5.74) is 2.86. The van der Waals surface area contributed by atoms with Crippen molar-refractivity contribution in [3.63, 3.8) is 0 Å². The number of piperazine rings is 1. The summed E-state index contributed by atoms with van der Waals surface area (Å²) in [5.74, 6) is 0.645. The van der Waals surface area contributed by atoms with Gasteiger partial charge in [-0.1, -0.05) is 25.1 Å². The number of nitrogens with zero attached hydrogens (tertiary/aromatic N) is 8. The smallest absolute Gasteiger partial charge is 0.294 e. The van der Waals surface area contributed by atoms with Gasteiger partial charge in [-0.05, 0) is 19.2 Å². The van der Waals surface area contributed by atoms with E-state index >= 15 is 0 Å². The number of anilines is 3. The largest absolute Gasteiger partial charge is 0.494 e. The Morgan fingerprint density at radius 1 is 1.20 bits per heavy atom. The maximum absolute atomic E-state index is 12.1. The van der Waals surface area contributed by atoms with Gasteiger partial charge >= 0.3 is 0 Å². The van der Waals surface area contributed by atoms with E-state index in [1.165, 1.54) is 19.4 Å². The topological polar surface area (TPSA) is 117 Å². The molecule has 0 unspecified atom stereocenters. The van der Waals surface area contributed by atoms with Crippen LogP contribution in [0.3, 0.4) is 0 Å². The fourth-order valence-electron chi connectivity index (χ4n) is 4.61. The molecule has 1 saturated heterocycles. The van der Waals surface area contributed by atoms with Crippen LogP contribution < -0.4 is 15.0 Å². The Morgan fingerprint density at radius 3 is 2.70 bits per heavy atom. The van der Waals surface area contributed by atoms with Gasteiger partial charge in [0.2, 0.25) is 5.95 Å². The van der Waals surface area contributed by atoms with Gasteiger partial charge in [0.25, 0.3) is 5.69 Å². The van der Waals surface area contributed by atoms with Crippen molar-refractivity contribution in [2.24, 2.45) is 0 Å². The van der Waals surface area contributed by atoms with Crippen LogP contribution in [0.1, 0.15) is 7.43 Å². The van der Waals surface area contributed by atoms with E-state index in [1.807, 2.05) is 36.3 Å². The van der Waals surface area contributed by atoms with Crippen LogP contribution in [0.5, 0.6) is 5.75 Å². The molecule has 4 aromatic rings. The van der Waals surface area contributed by atoms with Gasteiger partial charge in [-0.25, -0.2) is 14.5 Å². The highest BCUT2D eigenvalue weighted by atomic mass is 35.5. The third-order valence-electron chi connectivity index (χ3n) is 6.92. The number of fused-ring (bicyclic) bond motifs is 1. The normalized spacial score (nSPS) is 14.1. The van der Waals surface area contributed by atoms with Crippen molar-refractivity contribution >= 4 is 40.1 Å². The van der Waals surface area contributed by atoms with E-state index in [9.17, 15) is 10.1 Å². The fraction of sp³-hybridized carbons (Fsp3) is 0.370.